The number of hydrogen-bond acceptors (Lipinski definition) is 6. The van der Waals surface area contributed by atoms with E-state index in [1.54, 1.807) is 18.2 Å². The number of sulfonamides is 1. The number of nitrogens with two attached hydrogens (primary N) is 1. The van der Waals surface area contributed by atoms with Crippen molar-refractivity contribution in [2.75, 3.05) is 14.2 Å². The fourth-order valence-electron chi connectivity index (χ4n) is 1.62. The van der Waals surface area contributed by atoms with Crippen molar-refractivity contribution < 1.29 is 22.6 Å². The van der Waals surface area contributed by atoms with Crippen LogP contribution in [0, 0.1) is 0 Å². The molecular weight excluding hydrogens is 296 g/mol. The molecular formula is C13H14N2O5S. The third-order valence-electron chi connectivity index (χ3n) is 2.58. The first-order valence-electron chi connectivity index (χ1n) is 5.83. The van der Waals surface area contributed by atoms with E-state index in [4.69, 9.17) is 19.3 Å². The Morgan fingerprint density at radius 2 is 1.62 bits per heavy atom. The zero-order valence-corrected chi connectivity index (χ0v) is 12.3. The lowest BCUT2D eigenvalue weighted by atomic mass is 10.3. The van der Waals surface area contributed by atoms with Crippen LogP contribution < -0.4 is 19.3 Å². The first-order chi connectivity index (χ1) is 9.94. The summed E-state index contributed by atoms with van der Waals surface area (Å²) in [6.07, 6.45) is 1.40. The van der Waals surface area contributed by atoms with Crippen molar-refractivity contribution in [1.29, 1.82) is 0 Å². The van der Waals surface area contributed by atoms with Crippen molar-refractivity contribution in [3.8, 4) is 23.1 Å². The van der Waals surface area contributed by atoms with Gasteiger partial charge in [0.15, 0.2) is 0 Å². The molecule has 8 heteroatoms. The lowest BCUT2D eigenvalue weighted by molar-refractivity contribution is 0.383. The van der Waals surface area contributed by atoms with Gasteiger partial charge in [-0.15, -0.1) is 0 Å². The van der Waals surface area contributed by atoms with Crippen molar-refractivity contribution in [1.82, 2.24) is 4.98 Å². The molecule has 0 radical (unpaired) electrons. The minimum Gasteiger partial charge on any atom is -0.496 e. The second-order valence-electron chi connectivity index (χ2n) is 4.00. The molecule has 0 unspecified atom stereocenters. The summed E-state index contributed by atoms with van der Waals surface area (Å²) in [7, 11) is -0.945. The SMILES string of the molecule is COc1cc(OC)cc(Oc2ncccc2S(N)(=O)=O)c1. The predicted molar refractivity (Wildman–Crippen MR) is 75.2 cm³/mol. The van der Waals surface area contributed by atoms with Crippen molar-refractivity contribution in [2.45, 2.75) is 4.90 Å². The lowest BCUT2D eigenvalue weighted by Gasteiger charge is -2.11. The number of rotatable bonds is 5. The number of aromatic nitrogens is 1. The average Bonchev–Trinajstić information content (AvgIpc) is 2.46. The van der Waals surface area contributed by atoms with Gasteiger partial charge in [0.1, 0.15) is 22.1 Å². The van der Waals surface area contributed by atoms with E-state index in [0.29, 0.717) is 17.2 Å². The highest BCUT2D eigenvalue weighted by Gasteiger charge is 2.17. The number of methoxy groups -OCH3 is 2. The van der Waals surface area contributed by atoms with Gasteiger partial charge in [-0.2, -0.15) is 0 Å². The molecule has 1 heterocycles. The Morgan fingerprint density at radius 1 is 1.05 bits per heavy atom. The monoisotopic (exact) mass is 310 g/mol. The molecule has 1 aromatic heterocycles. The zero-order chi connectivity index (χ0) is 15.5. The molecule has 0 bridgehead atoms. The Bertz CT molecular complexity index is 724. The molecule has 0 atom stereocenters. The molecule has 2 N–H and O–H groups in total. The first-order valence-corrected chi connectivity index (χ1v) is 7.37. The summed E-state index contributed by atoms with van der Waals surface area (Å²) < 4.78 is 38.7. The third-order valence-corrected chi connectivity index (χ3v) is 3.51. The van der Waals surface area contributed by atoms with E-state index in [-0.39, 0.29) is 10.8 Å². The number of hydrogen-bond donors (Lipinski definition) is 1. The normalized spacial score (nSPS) is 11.0. The summed E-state index contributed by atoms with van der Waals surface area (Å²) in [6.45, 7) is 0. The van der Waals surface area contributed by atoms with Gasteiger partial charge in [0.25, 0.3) is 0 Å². The molecule has 0 aliphatic heterocycles. The van der Waals surface area contributed by atoms with E-state index < -0.39 is 10.0 Å². The highest BCUT2D eigenvalue weighted by molar-refractivity contribution is 7.89. The van der Waals surface area contributed by atoms with E-state index in [0.717, 1.165) is 0 Å². The number of ether oxygens (including phenoxy) is 3. The van der Waals surface area contributed by atoms with E-state index in [9.17, 15) is 8.42 Å². The topological polar surface area (TPSA) is 101 Å². The molecule has 2 aromatic rings. The van der Waals surface area contributed by atoms with Gasteiger partial charge in [0.2, 0.25) is 15.9 Å². The van der Waals surface area contributed by atoms with Gasteiger partial charge >= 0.3 is 0 Å². The van der Waals surface area contributed by atoms with Crippen molar-refractivity contribution in [2.24, 2.45) is 5.14 Å². The van der Waals surface area contributed by atoms with Crippen molar-refractivity contribution >= 4 is 10.0 Å². The Morgan fingerprint density at radius 3 is 2.14 bits per heavy atom. The maximum Gasteiger partial charge on any atom is 0.243 e. The standard InChI is InChI=1S/C13H14N2O5S/c1-18-9-6-10(19-2)8-11(7-9)20-13-12(21(14,16)17)4-3-5-15-13/h3-8H,1-2H3,(H2,14,16,17). The molecule has 0 saturated carbocycles. The van der Waals surface area contributed by atoms with Gasteiger partial charge in [-0.1, -0.05) is 0 Å². The van der Waals surface area contributed by atoms with Crippen LogP contribution in [0.15, 0.2) is 41.4 Å². The Balaban J connectivity index is 2.43. The molecule has 0 amide bonds. The molecule has 21 heavy (non-hydrogen) atoms. The highest BCUT2D eigenvalue weighted by atomic mass is 32.2. The minimum absolute atomic E-state index is 0.115. The van der Waals surface area contributed by atoms with Crippen molar-refractivity contribution in [3.63, 3.8) is 0 Å². The molecule has 0 aliphatic rings. The Hall–Kier alpha value is -2.32. The molecule has 2 rings (SSSR count). The van der Waals surface area contributed by atoms with Crippen molar-refractivity contribution in [3.05, 3.63) is 36.5 Å². The largest absolute Gasteiger partial charge is 0.496 e. The van der Waals surface area contributed by atoms with E-state index >= 15 is 0 Å². The van der Waals surface area contributed by atoms with E-state index in [1.807, 2.05) is 0 Å². The molecule has 0 saturated heterocycles. The van der Waals surface area contributed by atoms with Gasteiger partial charge in [-0.3, -0.25) is 0 Å². The van der Waals surface area contributed by atoms with Gasteiger partial charge in [-0.05, 0) is 12.1 Å². The van der Waals surface area contributed by atoms with Crippen LogP contribution in [0.1, 0.15) is 0 Å². The predicted octanol–water partition coefficient (Wildman–Crippen LogP) is 1.54. The maximum absolute atomic E-state index is 11.5. The van der Waals surface area contributed by atoms with Crippen LogP contribution in [-0.4, -0.2) is 27.6 Å². The number of pyridine rings is 1. The summed E-state index contributed by atoms with van der Waals surface area (Å²) in [4.78, 5) is 3.69. The maximum atomic E-state index is 11.5. The van der Waals surface area contributed by atoms with Gasteiger partial charge < -0.3 is 14.2 Å². The minimum atomic E-state index is -3.93. The van der Waals surface area contributed by atoms with Crippen LogP contribution >= 0.6 is 0 Å². The van der Waals surface area contributed by atoms with E-state index in [1.165, 1.54) is 32.5 Å². The van der Waals surface area contributed by atoms with Gasteiger partial charge in [0, 0.05) is 24.4 Å². The average molecular weight is 310 g/mol. The molecule has 0 spiro atoms. The van der Waals surface area contributed by atoms with Crippen LogP contribution in [0.2, 0.25) is 0 Å². The van der Waals surface area contributed by atoms with Crippen LogP contribution in [0.5, 0.6) is 23.1 Å². The summed E-state index contributed by atoms with van der Waals surface area (Å²) in [5.74, 6) is 1.19. The molecule has 0 fully saturated rings. The van der Waals surface area contributed by atoms with Crippen LogP contribution in [0.3, 0.4) is 0 Å². The summed E-state index contributed by atoms with van der Waals surface area (Å²) in [6, 6.07) is 7.58. The fraction of sp³-hybridized carbons (Fsp3) is 0.154. The zero-order valence-electron chi connectivity index (χ0n) is 11.4. The van der Waals surface area contributed by atoms with Crippen LogP contribution in [-0.2, 0) is 10.0 Å². The fourth-order valence-corrected chi connectivity index (χ4v) is 2.23. The second-order valence-corrected chi connectivity index (χ2v) is 5.53. The van der Waals surface area contributed by atoms with E-state index in [2.05, 4.69) is 4.98 Å². The van der Waals surface area contributed by atoms with Gasteiger partial charge in [0.05, 0.1) is 14.2 Å². The first kappa shape index (κ1) is 15.1. The Kier molecular flexibility index (Phi) is 4.29. The summed E-state index contributed by atoms with van der Waals surface area (Å²) in [5, 5.41) is 5.13. The van der Waals surface area contributed by atoms with Crippen LogP contribution in [0.25, 0.3) is 0 Å². The molecule has 7 nitrogen and oxygen atoms in total. The number of nitrogens with zero attached hydrogens (tertiary/aromatic N) is 1. The lowest BCUT2D eigenvalue weighted by Crippen LogP contribution is -2.13. The number of benzene rings is 1. The third kappa shape index (κ3) is 3.61. The molecule has 0 aliphatic carbocycles. The smallest absolute Gasteiger partial charge is 0.243 e. The highest BCUT2D eigenvalue weighted by Crippen LogP contribution is 2.32. The summed E-state index contributed by atoms with van der Waals surface area (Å²) in [5.41, 5.74) is 0. The second kappa shape index (κ2) is 5.98. The number of primary sulfonamides is 1. The molecule has 1 aromatic carbocycles. The van der Waals surface area contributed by atoms with Gasteiger partial charge in [-0.25, -0.2) is 18.5 Å². The quantitative estimate of drug-likeness (QED) is 0.899. The summed E-state index contributed by atoms with van der Waals surface area (Å²) >= 11 is 0. The Labute approximate surface area is 122 Å². The molecule has 112 valence electrons. The van der Waals surface area contributed by atoms with Crippen LogP contribution in [0.4, 0.5) is 0 Å².